The zero-order chi connectivity index (χ0) is 20.9. The lowest BCUT2D eigenvalue weighted by molar-refractivity contribution is 0.162. The Hall–Kier alpha value is -1.10. The van der Waals surface area contributed by atoms with E-state index in [1.807, 2.05) is 12.1 Å². The maximum Gasteiger partial charge on any atom is 0.191 e. The van der Waals surface area contributed by atoms with E-state index in [1.54, 1.807) is 14.2 Å². The van der Waals surface area contributed by atoms with Gasteiger partial charge in [-0.15, -0.1) is 24.0 Å². The first-order chi connectivity index (χ1) is 14.2. The third kappa shape index (κ3) is 8.95. The average Bonchev–Trinajstić information content (AvgIpc) is 3.27. The fourth-order valence-corrected chi connectivity index (χ4v) is 3.65. The molecule has 172 valence electrons. The van der Waals surface area contributed by atoms with Crippen LogP contribution >= 0.6 is 24.0 Å². The van der Waals surface area contributed by atoms with Crippen LogP contribution in [0.3, 0.4) is 0 Å². The molecule has 1 aliphatic rings. The van der Waals surface area contributed by atoms with Crippen molar-refractivity contribution in [2.24, 2.45) is 4.99 Å². The van der Waals surface area contributed by atoms with E-state index in [-0.39, 0.29) is 30.0 Å². The summed E-state index contributed by atoms with van der Waals surface area (Å²) in [5, 5.41) is 6.83. The highest BCUT2D eigenvalue weighted by Crippen LogP contribution is 2.31. The first-order valence-corrected chi connectivity index (χ1v) is 10.8. The quantitative estimate of drug-likeness (QED) is 0.245. The molecule has 0 bridgehead atoms. The largest absolute Gasteiger partial charge is 0.496 e. The third-order valence-corrected chi connectivity index (χ3v) is 5.31. The minimum absolute atomic E-state index is 0. The number of guanidine groups is 1. The van der Waals surface area contributed by atoms with E-state index in [9.17, 15) is 0 Å². The lowest BCUT2D eigenvalue weighted by Crippen LogP contribution is -2.42. The number of likely N-dealkylation sites (tertiary alicyclic amines) is 1. The van der Waals surface area contributed by atoms with Gasteiger partial charge in [-0.2, -0.15) is 0 Å². The molecule has 0 amide bonds. The number of halogens is 1. The van der Waals surface area contributed by atoms with Gasteiger partial charge in [0, 0.05) is 38.9 Å². The summed E-state index contributed by atoms with van der Waals surface area (Å²) in [6.07, 6.45) is 2.50. The fraction of sp³-hybridized carbons (Fsp3) is 0.682. The molecule has 8 heteroatoms. The Kier molecular flexibility index (Phi) is 14.1. The van der Waals surface area contributed by atoms with Crippen LogP contribution in [0, 0.1) is 0 Å². The normalized spacial score (nSPS) is 15.7. The summed E-state index contributed by atoms with van der Waals surface area (Å²) in [4.78, 5) is 9.71. The Labute approximate surface area is 199 Å². The molecular formula is C22H40IN5O2. The number of aliphatic imine (C=N–C) groups is 1. The van der Waals surface area contributed by atoms with Crippen LogP contribution < -0.4 is 15.4 Å². The third-order valence-electron chi connectivity index (χ3n) is 5.31. The van der Waals surface area contributed by atoms with E-state index in [4.69, 9.17) is 14.5 Å². The standard InChI is InChI=1S/C22H39N5O2.HI/c1-5-23-22(24-12-15-26(2)16-17-28-3)25-18-20(27-13-8-9-14-27)19-10-6-7-11-21(19)29-4;/h6-7,10-11,20H,5,8-9,12-18H2,1-4H3,(H2,23,24,25);1H. The number of nitrogens with zero attached hydrogens (tertiary/aromatic N) is 3. The molecule has 0 saturated carbocycles. The van der Waals surface area contributed by atoms with Gasteiger partial charge >= 0.3 is 0 Å². The first kappa shape index (κ1) is 26.9. The Balaban J connectivity index is 0.00000450. The highest BCUT2D eigenvalue weighted by atomic mass is 127. The SMILES string of the molecule is CCNC(=NCC(c1ccccc1OC)N1CCCC1)NCCN(C)CCOC.I. The number of para-hydroxylation sites is 1. The first-order valence-electron chi connectivity index (χ1n) is 10.8. The van der Waals surface area contributed by atoms with Crippen LogP contribution in [0.5, 0.6) is 5.75 Å². The van der Waals surface area contributed by atoms with Crippen molar-refractivity contribution >= 4 is 29.9 Å². The van der Waals surface area contributed by atoms with Crippen LogP contribution in [-0.2, 0) is 4.74 Å². The summed E-state index contributed by atoms with van der Waals surface area (Å²) < 4.78 is 10.8. The molecule has 2 N–H and O–H groups in total. The number of benzene rings is 1. The molecule has 1 aromatic rings. The zero-order valence-electron chi connectivity index (χ0n) is 19.0. The van der Waals surface area contributed by atoms with Crippen LogP contribution in [0.4, 0.5) is 0 Å². The predicted molar refractivity (Wildman–Crippen MR) is 135 cm³/mol. The van der Waals surface area contributed by atoms with Gasteiger partial charge in [-0.1, -0.05) is 18.2 Å². The van der Waals surface area contributed by atoms with E-state index in [0.29, 0.717) is 6.54 Å². The topological polar surface area (TPSA) is 61.4 Å². The Morgan fingerprint density at radius 3 is 2.57 bits per heavy atom. The summed E-state index contributed by atoms with van der Waals surface area (Å²) in [6.45, 7) is 9.34. The Bertz CT molecular complexity index is 611. The van der Waals surface area contributed by atoms with Crippen molar-refractivity contribution in [1.82, 2.24) is 20.4 Å². The van der Waals surface area contributed by atoms with Crippen molar-refractivity contribution in [2.75, 3.05) is 73.7 Å². The van der Waals surface area contributed by atoms with Crippen LogP contribution in [0.2, 0.25) is 0 Å². The van der Waals surface area contributed by atoms with Crippen molar-refractivity contribution in [3.8, 4) is 5.75 Å². The molecule has 1 aromatic carbocycles. The molecule has 0 radical (unpaired) electrons. The van der Waals surface area contributed by atoms with Crippen molar-refractivity contribution in [2.45, 2.75) is 25.8 Å². The molecule has 0 spiro atoms. The summed E-state index contributed by atoms with van der Waals surface area (Å²) >= 11 is 0. The molecule has 1 saturated heterocycles. The summed E-state index contributed by atoms with van der Waals surface area (Å²) in [6, 6.07) is 8.56. The molecule has 0 aromatic heterocycles. The van der Waals surface area contributed by atoms with Gasteiger partial charge in [0.15, 0.2) is 5.96 Å². The fourth-order valence-electron chi connectivity index (χ4n) is 3.65. The maximum absolute atomic E-state index is 5.64. The number of methoxy groups -OCH3 is 2. The second-order valence-electron chi connectivity index (χ2n) is 7.44. The van der Waals surface area contributed by atoms with Gasteiger partial charge in [-0.3, -0.25) is 9.89 Å². The maximum atomic E-state index is 5.64. The minimum Gasteiger partial charge on any atom is -0.496 e. The van der Waals surface area contributed by atoms with Crippen molar-refractivity contribution in [1.29, 1.82) is 0 Å². The molecule has 7 nitrogen and oxygen atoms in total. The highest BCUT2D eigenvalue weighted by Gasteiger charge is 2.25. The smallest absolute Gasteiger partial charge is 0.191 e. The molecule has 1 aliphatic heterocycles. The predicted octanol–water partition coefficient (Wildman–Crippen LogP) is 2.58. The van der Waals surface area contributed by atoms with E-state index in [2.05, 4.69) is 46.5 Å². The summed E-state index contributed by atoms with van der Waals surface area (Å²) in [5.41, 5.74) is 1.22. The van der Waals surface area contributed by atoms with Gasteiger partial charge in [-0.25, -0.2) is 0 Å². The van der Waals surface area contributed by atoms with E-state index in [1.165, 1.54) is 18.4 Å². The van der Waals surface area contributed by atoms with Crippen LogP contribution in [0.1, 0.15) is 31.4 Å². The second-order valence-corrected chi connectivity index (χ2v) is 7.44. The zero-order valence-corrected chi connectivity index (χ0v) is 21.4. The lowest BCUT2D eigenvalue weighted by Gasteiger charge is -2.28. The van der Waals surface area contributed by atoms with Crippen molar-refractivity contribution in [3.63, 3.8) is 0 Å². The lowest BCUT2D eigenvalue weighted by atomic mass is 10.0. The summed E-state index contributed by atoms with van der Waals surface area (Å²) in [7, 11) is 5.59. The van der Waals surface area contributed by atoms with Gasteiger partial charge in [0.2, 0.25) is 0 Å². The number of hydrogen-bond donors (Lipinski definition) is 2. The molecule has 0 aliphatic carbocycles. The van der Waals surface area contributed by atoms with Crippen LogP contribution in [-0.4, -0.2) is 89.4 Å². The second kappa shape index (κ2) is 15.7. The summed E-state index contributed by atoms with van der Waals surface area (Å²) in [5.74, 6) is 1.81. The number of hydrogen-bond acceptors (Lipinski definition) is 5. The molecule has 1 unspecified atom stereocenters. The van der Waals surface area contributed by atoms with Crippen LogP contribution in [0.15, 0.2) is 29.3 Å². The van der Waals surface area contributed by atoms with E-state index in [0.717, 1.165) is 57.6 Å². The molecule has 1 heterocycles. The van der Waals surface area contributed by atoms with Gasteiger partial charge in [0.05, 0.1) is 26.3 Å². The highest BCUT2D eigenvalue weighted by molar-refractivity contribution is 14.0. The Morgan fingerprint density at radius 2 is 1.90 bits per heavy atom. The van der Waals surface area contributed by atoms with Gasteiger partial charge in [0.1, 0.15) is 5.75 Å². The minimum atomic E-state index is 0. The average molecular weight is 533 g/mol. The van der Waals surface area contributed by atoms with Crippen molar-refractivity contribution < 1.29 is 9.47 Å². The molecule has 1 fully saturated rings. The monoisotopic (exact) mass is 533 g/mol. The number of rotatable bonds is 12. The van der Waals surface area contributed by atoms with Gasteiger partial charge in [-0.05, 0) is 46.0 Å². The number of nitrogens with one attached hydrogen (secondary N) is 2. The molecule has 30 heavy (non-hydrogen) atoms. The van der Waals surface area contributed by atoms with Crippen LogP contribution in [0.25, 0.3) is 0 Å². The Morgan fingerprint density at radius 1 is 1.17 bits per heavy atom. The van der Waals surface area contributed by atoms with Crippen molar-refractivity contribution in [3.05, 3.63) is 29.8 Å². The van der Waals surface area contributed by atoms with Gasteiger partial charge < -0.3 is 25.0 Å². The van der Waals surface area contributed by atoms with Gasteiger partial charge in [0.25, 0.3) is 0 Å². The van der Waals surface area contributed by atoms with E-state index >= 15 is 0 Å². The molecular weight excluding hydrogens is 493 g/mol. The number of ether oxygens (including phenoxy) is 2. The molecule has 1 atom stereocenters. The molecule has 2 rings (SSSR count). The van der Waals surface area contributed by atoms with E-state index < -0.39 is 0 Å². The number of likely N-dealkylation sites (N-methyl/N-ethyl adjacent to an activating group) is 1.